The first-order valence-electron chi connectivity index (χ1n) is 11.5. The minimum Gasteiger partial charge on any atom is -0.482 e. The first-order valence-corrected chi connectivity index (χ1v) is 11.5. The van der Waals surface area contributed by atoms with Crippen molar-refractivity contribution in [3.05, 3.63) is 84.2 Å². The Labute approximate surface area is 214 Å². The largest absolute Gasteiger partial charge is 0.482 e. The Morgan fingerprint density at radius 2 is 1.59 bits per heavy atom. The molecule has 1 aromatic heterocycles. The number of amides is 2. The van der Waals surface area contributed by atoms with E-state index in [0.29, 0.717) is 12.2 Å². The van der Waals surface area contributed by atoms with Gasteiger partial charge in [0.15, 0.2) is 17.5 Å². The lowest BCUT2D eigenvalue weighted by molar-refractivity contribution is -0.154. The van der Waals surface area contributed by atoms with Gasteiger partial charge in [-0.3, -0.25) is 14.4 Å². The molecule has 0 aliphatic heterocycles. The predicted octanol–water partition coefficient (Wildman–Crippen LogP) is 3.45. The molecule has 10 heteroatoms. The van der Waals surface area contributed by atoms with Gasteiger partial charge in [-0.2, -0.15) is 0 Å². The van der Waals surface area contributed by atoms with Crippen LogP contribution in [0.3, 0.4) is 0 Å². The van der Waals surface area contributed by atoms with Crippen LogP contribution in [0, 0.1) is 0 Å². The van der Waals surface area contributed by atoms with Crippen LogP contribution in [0.4, 0.5) is 5.69 Å². The minimum atomic E-state index is -1.09. The highest BCUT2D eigenvalue weighted by molar-refractivity contribution is 6.00. The molecule has 3 unspecified atom stereocenters. The van der Waals surface area contributed by atoms with Gasteiger partial charge in [0.1, 0.15) is 17.9 Å². The molecule has 0 saturated heterocycles. The van der Waals surface area contributed by atoms with Gasteiger partial charge >= 0.3 is 11.9 Å². The maximum absolute atomic E-state index is 12.9. The minimum absolute atomic E-state index is 0.0676. The quantitative estimate of drug-likeness (QED) is 0.299. The van der Waals surface area contributed by atoms with Crippen LogP contribution >= 0.6 is 0 Å². The van der Waals surface area contributed by atoms with Crippen LogP contribution in [-0.4, -0.2) is 41.4 Å². The number of ether oxygens (including phenoxy) is 3. The number of anilines is 1. The van der Waals surface area contributed by atoms with Crippen LogP contribution in [0.5, 0.6) is 11.5 Å². The Balaban J connectivity index is 1.73. The zero-order valence-electron chi connectivity index (χ0n) is 20.5. The molecule has 0 saturated carbocycles. The van der Waals surface area contributed by atoms with E-state index in [9.17, 15) is 19.2 Å². The second kappa shape index (κ2) is 12.8. The number of benzene rings is 2. The number of hydrogen-bond donors (Lipinski definition) is 2. The molecule has 10 nitrogen and oxygen atoms in total. The van der Waals surface area contributed by atoms with E-state index in [2.05, 4.69) is 15.6 Å². The van der Waals surface area contributed by atoms with E-state index in [-0.39, 0.29) is 17.1 Å². The van der Waals surface area contributed by atoms with Crippen LogP contribution in [0.1, 0.15) is 42.9 Å². The Hall–Kier alpha value is -4.73. The number of esters is 2. The van der Waals surface area contributed by atoms with Crippen LogP contribution in [0.2, 0.25) is 0 Å². The topological polar surface area (TPSA) is 133 Å². The molecule has 1 heterocycles. The highest BCUT2D eigenvalue weighted by atomic mass is 16.6. The maximum Gasteiger partial charge on any atom is 0.328 e. The Kier molecular flexibility index (Phi) is 9.31. The molecule has 3 aromatic rings. The van der Waals surface area contributed by atoms with E-state index in [1.807, 2.05) is 48.5 Å². The molecule has 0 spiro atoms. The summed E-state index contributed by atoms with van der Waals surface area (Å²) in [6.45, 7) is 4.28. The SMILES string of the molecule is CC(=O)Oc1c(NC=O)ccnc1C(=O)NC(C)C(=O)OC(C)C(Oc1ccccc1)c1ccccc1. The summed E-state index contributed by atoms with van der Waals surface area (Å²) in [5.41, 5.74) is 0.584. The number of pyridine rings is 1. The van der Waals surface area contributed by atoms with Crippen LogP contribution in [0.15, 0.2) is 72.9 Å². The van der Waals surface area contributed by atoms with Gasteiger partial charge in [-0.05, 0) is 37.6 Å². The molecule has 0 aliphatic rings. The van der Waals surface area contributed by atoms with E-state index >= 15 is 0 Å². The average Bonchev–Trinajstić information content (AvgIpc) is 2.89. The third-order valence-electron chi connectivity index (χ3n) is 5.14. The Morgan fingerprint density at radius 3 is 2.22 bits per heavy atom. The van der Waals surface area contributed by atoms with Gasteiger partial charge in [0.2, 0.25) is 6.41 Å². The van der Waals surface area contributed by atoms with Gasteiger partial charge in [0.25, 0.3) is 5.91 Å². The molecule has 0 fully saturated rings. The zero-order valence-corrected chi connectivity index (χ0v) is 20.5. The molecule has 2 amide bonds. The van der Waals surface area contributed by atoms with Gasteiger partial charge in [0.05, 0.1) is 5.69 Å². The summed E-state index contributed by atoms with van der Waals surface area (Å²) in [5.74, 6) is -1.87. The third kappa shape index (κ3) is 7.38. The Bertz CT molecular complexity index is 1240. The summed E-state index contributed by atoms with van der Waals surface area (Å²) in [6.07, 6.45) is 0.291. The maximum atomic E-state index is 12.9. The van der Waals surface area contributed by atoms with E-state index in [1.54, 1.807) is 19.1 Å². The normalized spacial score (nSPS) is 12.8. The van der Waals surface area contributed by atoms with Crippen molar-refractivity contribution in [1.29, 1.82) is 0 Å². The van der Waals surface area contributed by atoms with Crippen LogP contribution in [0.25, 0.3) is 0 Å². The number of nitrogens with zero attached hydrogens (tertiary/aromatic N) is 1. The number of aromatic nitrogens is 1. The number of hydrogen-bond acceptors (Lipinski definition) is 8. The van der Waals surface area contributed by atoms with Crippen molar-refractivity contribution in [2.24, 2.45) is 0 Å². The van der Waals surface area contributed by atoms with Gasteiger partial charge in [-0.15, -0.1) is 0 Å². The fourth-order valence-corrected chi connectivity index (χ4v) is 3.43. The summed E-state index contributed by atoms with van der Waals surface area (Å²) in [6, 6.07) is 18.7. The van der Waals surface area contributed by atoms with Gasteiger partial charge in [-0.25, -0.2) is 9.78 Å². The molecule has 2 N–H and O–H groups in total. The van der Waals surface area contributed by atoms with E-state index in [4.69, 9.17) is 14.2 Å². The predicted molar refractivity (Wildman–Crippen MR) is 134 cm³/mol. The smallest absolute Gasteiger partial charge is 0.328 e. The summed E-state index contributed by atoms with van der Waals surface area (Å²) < 4.78 is 16.9. The number of para-hydroxylation sites is 1. The molecule has 3 atom stereocenters. The van der Waals surface area contributed by atoms with Crippen molar-refractivity contribution in [2.75, 3.05) is 5.32 Å². The number of carbonyl (C=O) groups is 4. The molecule has 0 bridgehead atoms. The number of carbonyl (C=O) groups excluding carboxylic acids is 4. The second-order valence-electron chi connectivity index (χ2n) is 7.99. The molecule has 0 radical (unpaired) electrons. The van der Waals surface area contributed by atoms with E-state index < -0.39 is 36.1 Å². The lowest BCUT2D eigenvalue weighted by Gasteiger charge is -2.27. The molecule has 2 aromatic carbocycles. The summed E-state index contributed by atoms with van der Waals surface area (Å²) in [5, 5.41) is 4.83. The second-order valence-corrected chi connectivity index (χ2v) is 7.99. The average molecular weight is 506 g/mol. The van der Waals surface area contributed by atoms with Crippen molar-refractivity contribution in [3.8, 4) is 11.5 Å². The lowest BCUT2D eigenvalue weighted by atomic mass is 10.0. The highest BCUT2D eigenvalue weighted by Gasteiger charge is 2.29. The molecular formula is C27H27N3O7. The van der Waals surface area contributed by atoms with Crippen molar-refractivity contribution < 1.29 is 33.4 Å². The fourth-order valence-electron chi connectivity index (χ4n) is 3.43. The molecule has 37 heavy (non-hydrogen) atoms. The first-order chi connectivity index (χ1) is 17.8. The summed E-state index contributed by atoms with van der Waals surface area (Å²) in [4.78, 5) is 52.1. The Morgan fingerprint density at radius 1 is 0.946 bits per heavy atom. The summed E-state index contributed by atoms with van der Waals surface area (Å²) >= 11 is 0. The van der Waals surface area contributed by atoms with E-state index in [0.717, 1.165) is 12.5 Å². The highest BCUT2D eigenvalue weighted by Crippen LogP contribution is 2.28. The molecule has 0 aliphatic carbocycles. The van der Waals surface area contributed by atoms with Crippen LogP contribution < -0.4 is 20.1 Å². The first kappa shape index (κ1) is 26.9. The van der Waals surface area contributed by atoms with Crippen molar-refractivity contribution in [1.82, 2.24) is 10.3 Å². The monoisotopic (exact) mass is 505 g/mol. The van der Waals surface area contributed by atoms with Gasteiger partial charge in [-0.1, -0.05) is 48.5 Å². The van der Waals surface area contributed by atoms with E-state index in [1.165, 1.54) is 19.2 Å². The van der Waals surface area contributed by atoms with Gasteiger partial charge < -0.3 is 24.8 Å². The van der Waals surface area contributed by atoms with Gasteiger partial charge in [0, 0.05) is 13.1 Å². The van der Waals surface area contributed by atoms with Crippen molar-refractivity contribution in [2.45, 2.75) is 39.0 Å². The number of rotatable bonds is 11. The molecular weight excluding hydrogens is 478 g/mol. The zero-order chi connectivity index (χ0) is 26.8. The third-order valence-corrected chi connectivity index (χ3v) is 5.14. The van der Waals surface area contributed by atoms with Crippen LogP contribution in [-0.2, 0) is 19.1 Å². The molecule has 192 valence electrons. The summed E-state index contributed by atoms with van der Waals surface area (Å²) in [7, 11) is 0. The molecule has 3 rings (SSSR count). The van der Waals surface area contributed by atoms with Crippen molar-refractivity contribution in [3.63, 3.8) is 0 Å². The fraction of sp³-hybridized carbons (Fsp3) is 0.222. The van der Waals surface area contributed by atoms with Crippen molar-refractivity contribution >= 4 is 29.9 Å². The lowest BCUT2D eigenvalue weighted by Crippen LogP contribution is -2.42. The number of nitrogens with one attached hydrogen (secondary N) is 2. The standard InChI is InChI=1S/C27H27N3O7/c1-17(30-26(33)23-25(36-19(3)32)22(29-16-31)14-15-28-23)27(34)35-18(2)24(20-10-6-4-7-11-20)37-21-12-8-5-9-13-21/h4-18,24H,1-3H3,(H,30,33)(H,28,29,31).